The zero-order valence-electron chi connectivity index (χ0n) is 12.8. The van der Waals surface area contributed by atoms with Crippen LogP contribution in [-0.2, 0) is 20.9 Å². The Hall–Kier alpha value is -1.79. The van der Waals surface area contributed by atoms with Crippen LogP contribution in [-0.4, -0.2) is 30.9 Å². The van der Waals surface area contributed by atoms with E-state index >= 15 is 0 Å². The number of halogens is 1. The molecular weight excluding hydrogens is 318 g/mol. The number of nitrogens with one attached hydrogen (secondary N) is 1. The van der Waals surface area contributed by atoms with Gasteiger partial charge in [-0.25, -0.2) is 0 Å². The third-order valence-corrected chi connectivity index (χ3v) is 4.55. The quantitative estimate of drug-likeness (QED) is 0.824. The first-order chi connectivity index (χ1) is 11.1. The summed E-state index contributed by atoms with van der Waals surface area (Å²) in [5.74, 6) is 0.210. The minimum Gasteiger partial charge on any atom is -0.398 e. The van der Waals surface area contributed by atoms with Crippen LogP contribution in [0.3, 0.4) is 0 Å². The molecule has 1 aromatic rings. The third-order valence-electron chi connectivity index (χ3n) is 4.20. The minimum atomic E-state index is -0.544. The summed E-state index contributed by atoms with van der Waals surface area (Å²) < 4.78 is 5.34. The highest BCUT2D eigenvalue weighted by atomic mass is 35.5. The second-order valence-electron chi connectivity index (χ2n) is 5.84. The Labute approximate surface area is 140 Å². The number of carbonyl (C=O) groups excluding carboxylic acids is 1. The summed E-state index contributed by atoms with van der Waals surface area (Å²) in [7, 11) is 0. The van der Waals surface area contributed by atoms with Gasteiger partial charge in [-0.1, -0.05) is 22.8 Å². The molecule has 0 aromatic heterocycles. The highest BCUT2D eigenvalue weighted by molar-refractivity contribution is 6.33. The fourth-order valence-corrected chi connectivity index (χ4v) is 2.93. The van der Waals surface area contributed by atoms with Gasteiger partial charge in [0.05, 0.1) is 16.4 Å². The van der Waals surface area contributed by atoms with E-state index in [0.717, 1.165) is 37.3 Å². The SMILES string of the molecule is Nc1cc(CNC(=O)C2CC(C3CCOCC3)=NO2)ccc1Cl. The van der Waals surface area contributed by atoms with E-state index < -0.39 is 6.10 Å². The van der Waals surface area contributed by atoms with Gasteiger partial charge in [0.25, 0.3) is 5.91 Å². The number of hydrogen-bond acceptors (Lipinski definition) is 5. The third kappa shape index (κ3) is 3.95. The monoisotopic (exact) mass is 337 g/mol. The van der Waals surface area contributed by atoms with Crippen molar-refractivity contribution in [1.29, 1.82) is 0 Å². The first kappa shape index (κ1) is 16.1. The molecule has 2 heterocycles. The Morgan fingerprint density at radius 1 is 1.39 bits per heavy atom. The van der Waals surface area contributed by atoms with Crippen LogP contribution in [0.25, 0.3) is 0 Å². The van der Waals surface area contributed by atoms with E-state index in [9.17, 15) is 4.79 Å². The largest absolute Gasteiger partial charge is 0.398 e. The molecule has 1 atom stereocenters. The lowest BCUT2D eigenvalue weighted by Gasteiger charge is -2.21. The summed E-state index contributed by atoms with van der Waals surface area (Å²) in [5.41, 5.74) is 8.12. The van der Waals surface area contributed by atoms with Gasteiger partial charge in [-0.2, -0.15) is 0 Å². The number of nitrogen functional groups attached to an aromatic ring is 1. The van der Waals surface area contributed by atoms with Crippen LogP contribution < -0.4 is 11.1 Å². The number of carbonyl (C=O) groups is 1. The molecule has 0 bridgehead atoms. The van der Waals surface area contributed by atoms with Crippen molar-refractivity contribution in [3.8, 4) is 0 Å². The number of nitrogens with zero attached hydrogens (tertiary/aromatic N) is 1. The van der Waals surface area contributed by atoms with Gasteiger partial charge in [0.15, 0.2) is 0 Å². The summed E-state index contributed by atoms with van der Waals surface area (Å²) in [6, 6.07) is 5.30. The molecule has 1 fully saturated rings. The van der Waals surface area contributed by atoms with Crippen LogP contribution in [0.5, 0.6) is 0 Å². The average molecular weight is 338 g/mol. The standard InChI is InChI=1S/C16H20ClN3O3/c17-12-2-1-10(7-13(12)18)9-19-16(21)15-8-14(20-23-15)11-3-5-22-6-4-11/h1-2,7,11,15H,3-6,8-9,18H2,(H,19,21). The van der Waals surface area contributed by atoms with Gasteiger partial charge in [0.1, 0.15) is 0 Å². The predicted molar refractivity (Wildman–Crippen MR) is 88.2 cm³/mol. The summed E-state index contributed by atoms with van der Waals surface area (Å²) >= 11 is 5.88. The van der Waals surface area contributed by atoms with Gasteiger partial charge >= 0.3 is 0 Å². The fourth-order valence-electron chi connectivity index (χ4n) is 2.81. The van der Waals surface area contributed by atoms with Gasteiger partial charge in [-0.15, -0.1) is 0 Å². The molecule has 1 amide bonds. The summed E-state index contributed by atoms with van der Waals surface area (Å²) in [6.07, 6.45) is 1.90. The van der Waals surface area contributed by atoms with Gasteiger partial charge in [-0.3, -0.25) is 4.79 Å². The second-order valence-corrected chi connectivity index (χ2v) is 6.25. The zero-order chi connectivity index (χ0) is 16.2. The van der Waals surface area contributed by atoms with E-state index in [4.69, 9.17) is 26.9 Å². The number of amides is 1. The van der Waals surface area contributed by atoms with Crippen molar-refractivity contribution in [1.82, 2.24) is 5.32 Å². The predicted octanol–water partition coefficient (Wildman–Crippen LogP) is 2.11. The normalized spacial score (nSPS) is 21.6. The van der Waals surface area contributed by atoms with Crippen molar-refractivity contribution in [2.24, 2.45) is 11.1 Å². The highest BCUT2D eigenvalue weighted by Gasteiger charge is 2.32. The lowest BCUT2D eigenvalue weighted by molar-refractivity contribution is -0.131. The molecule has 2 aliphatic heterocycles. The molecule has 6 nitrogen and oxygen atoms in total. The number of ether oxygens (including phenoxy) is 1. The van der Waals surface area contributed by atoms with E-state index in [1.807, 2.05) is 6.07 Å². The Morgan fingerprint density at radius 3 is 2.91 bits per heavy atom. The maximum atomic E-state index is 12.2. The topological polar surface area (TPSA) is 85.9 Å². The summed E-state index contributed by atoms with van der Waals surface area (Å²) in [6.45, 7) is 1.88. The molecule has 124 valence electrons. The molecule has 7 heteroatoms. The first-order valence-electron chi connectivity index (χ1n) is 7.75. The Kier molecular flexibility index (Phi) is 5.03. The zero-order valence-corrected chi connectivity index (χ0v) is 13.5. The number of anilines is 1. The number of oxime groups is 1. The molecule has 1 aromatic carbocycles. The minimum absolute atomic E-state index is 0.163. The lowest BCUT2D eigenvalue weighted by Crippen LogP contribution is -2.35. The van der Waals surface area contributed by atoms with E-state index in [-0.39, 0.29) is 5.91 Å². The van der Waals surface area contributed by atoms with Crippen molar-refractivity contribution in [2.75, 3.05) is 18.9 Å². The van der Waals surface area contributed by atoms with Crippen molar-refractivity contribution in [3.63, 3.8) is 0 Å². The molecule has 0 saturated carbocycles. The maximum Gasteiger partial charge on any atom is 0.264 e. The molecular formula is C16H20ClN3O3. The van der Waals surface area contributed by atoms with Gasteiger partial charge in [-0.05, 0) is 30.5 Å². The van der Waals surface area contributed by atoms with E-state index in [2.05, 4.69) is 10.5 Å². The lowest BCUT2D eigenvalue weighted by atomic mass is 9.91. The Balaban J connectivity index is 1.49. The van der Waals surface area contributed by atoms with Crippen LogP contribution in [0.2, 0.25) is 5.02 Å². The van der Waals surface area contributed by atoms with Crippen LogP contribution in [0, 0.1) is 5.92 Å². The number of hydrogen-bond donors (Lipinski definition) is 2. The molecule has 1 unspecified atom stereocenters. The van der Waals surface area contributed by atoms with Gasteiger partial charge in [0.2, 0.25) is 6.10 Å². The van der Waals surface area contributed by atoms with Crippen LogP contribution in [0.15, 0.2) is 23.4 Å². The van der Waals surface area contributed by atoms with Crippen molar-refractivity contribution < 1.29 is 14.4 Å². The maximum absolute atomic E-state index is 12.2. The average Bonchev–Trinajstić information content (AvgIpc) is 3.06. The number of rotatable bonds is 4. The van der Waals surface area contributed by atoms with Crippen LogP contribution in [0.4, 0.5) is 5.69 Å². The second kappa shape index (κ2) is 7.19. The molecule has 2 aliphatic rings. The molecule has 0 radical (unpaired) electrons. The van der Waals surface area contributed by atoms with Crippen LogP contribution >= 0.6 is 11.6 Å². The molecule has 0 spiro atoms. The Morgan fingerprint density at radius 2 is 2.17 bits per heavy atom. The van der Waals surface area contributed by atoms with Crippen molar-refractivity contribution >= 4 is 28.9 Å². The van der Waals surface area contributed by atoms with Crippen molar-refractivity contribution in [2.45, 2.75) is 31.9 Å². The molecule has 0 aliphatic carbocycles. The van der Waals surface area contributed by atoms with E-state index in [1.54, 1.807) is 12.1 Å². The van der Waals surface area contributed by atoms with E-state index in [1.165, 1.54) is 0 Å². The first-order valence-corrected chi connectivity index (χ1v) is 8.13. The highest BCUT2D eigenvalue weighted by Crippen LogP contribution is 2.24. The Bertz CT molecular complexity index is 615. The molecule has 3 N–H and O–H groups in total. The van der Waals surface area contributed by atoms with Crippen molar-refractivity contribution in [3.05, 3.63) is 28.8 Å². The number of benzene rings is 1. The molecule has 1 saturated heterocycles. The van der Waals surface area contributed by atoms with Gasteiger partial charge < -0.3 is 20.6 Å². The smallest absolute Gasteiger partial charge is 0.264 e. The summed E-state index contributed by atoms with van der Waals surface area (Å²) in [5, 5.41) is 7.46. The fraction of sp³-hybridized carbons (Fsp3) is 0.500. The van der Waals surface area contributed by atoms with E-state index in [0.29, 0.717) is 29.6 Å². The van der Waals surface area contributed by atoms with Crippen LogP contribution in [0.1, 0.15) is 24.8 Å². The number of nitrogens with two attached hydrogens (primary N) is 1. The summed E-state index contributed by atoms with van der Waals surface area (Å²) in [4.78, 5) is 17.5. The molecule has 23 heavy (non-hydrogen) atoms. The molecule has 3 rings (SSSR count). The van der Waals surface area contributed by atoms with Gasteiger partial charge in [0, 0.05) is 32.1 Å².